The number of ether oxygens (including phenoxy) is 1. The molecule has 0 bridgehead atoms. The molecule has 0 unspecified atom stereocenters. The highest BCUT2D eigenvalue weighted by atomic mass is 16.5. The molecule has 1 aliphatic carbocycles. The van der Waals surface area contributed by atoms with Gasteiger partial charge in [-0.3, -0.25) is 0 Å². The lowest BCUT2D eigenvalue weighted by Gasteiger charge is -2.11. The Hall–Kier alpha value is -1.75. The van der Waals surface area contributed by atoms with Gasteiger partial charge in [0.05, 0.1) is 12.7 Å². The minimum atomic E-state index is 0.0517. The molecule has 1 fully saturated rings. The Bertz CT molecular complexity index is 551. The second kappa shape index (κ2) is 5.22. The van der Waals surface area contributed by atoms with E-state index in [0.29, 0.717) is 28.2 Å². The van der Waals surface area contributed by atoms with Crippen molar-refractivity contribution < 1.29 is 9.94 Å². The van der Waals surface area contributed by atoms with Gasteiger partial charge in [-0.25, -0.2) is 0 Å². The number of rotatable bonds is 5. The van der Waals surface area contributed by atoms with Crippen LogP contribution in [0.1, 0.15) is 38.8 Å². The Kier molecular flexibility index (Phi) is 3.89. The van der Waals surface area contributed by atoms with Crippen LogP contribution in [-0.2, 0) is 6.54 Å². The largest absolute Gasteiger partial charge is 0.496 e. The maximum Gasteiger partial charge on any atom is 0.173 e. The third kappa shape index (κ3) is 2.58. The van der Waals surface area contributed by atoms with Crippen molar-refractivity contribution in [1.82, 2.24) is 5.32 Å². The standard InChI is InChI=1S/C16H25N3O2/c1-15(2)14(16(15,3)4)18-9-10-6-7-11(13(17)19-20)12(8-10)21-5/h6-8,14,18,20H,9H2,1-5H3,(H2,17,19). The molecule has 0 spiro atoms. The van der Waals surface area contributed by atoms with Gasteiger partial charge < -0.3 is 21.0 Å². The Balaban J connectivity index is 2.09. The number of methoxy groups -OCH3 is 1. The van der Waals surface area contributed by atoms with E-state index in [1.165, 1.54) is 0 Å². The number of nitrogens with zero attached hydrogens (tertiary/aromatic N) is 1. The van der Waals surface area contributed by atoms with Crippen molar-refractivity contribution in [2.45, 2.75) is 40.3 Å². The fourth-order valence-corrected chi connectivity index (χ4v) is 3.04. The summed E-state index contributed by atoms with van der Waals surface area (Å²) in [6.45, 7) is 9.91. The highest BCUT2D eigenvalue weighted by molar-refractivity contribution is 5.99. The first-order chi connectivity index (χ1) is 9.75. The predicted molar refractivity (Wildman–Crippen MR) is 83.7 cm³/mol. The lowest BCUT2D eigenvalue weighted by Crippen LogP contribution is -2.22. The van der Waals surface area contributed by atoms with E-state index in [0.717, 1.165) is 12.1 Å². The van der Waals surface area contributed by atoms with Crippen LogP contribution in [0.15, 0.2) is 23.4 Å². The Morgan fingerprint density at radius 2 is 1.95 bits per heavy atom. The summed E-state index contributed by atoms with van der Waals surface area (Å²) in [4.78, 5) is 0. The van der Waals surface area contributed by atoms with E-state index in [1.807, 2.05) is 18.2 Å². The zero-order valence-electron chi connectivity index (χ0n) is 13.4. The first-order valence-electron chi connectivity index (χ1n) is 7.14. The second-order valence-corrected chi connectivity index (χ2v) is 6.78. The summed E-state index contributed by atoms with van der Waals surface area (Å²) in [7, 11) is 1.58. The van der Waals surface area contributed by atoms with Gasteiger partial charge in [0.1, 0.15) is 5.75 Å². The minimum absolute atomic E-state index is 0.0517. The van der Waals surface area contributed by atoms with Crippen molar-refractivity contribution in [2.75, 3.05) is 7.11 Å². The van der Waals surface area contributed by atoms with Gasteiger partial charge >= 0.3 is 0 Å². The molecular weight excluding hydrogens is 266 g/mol. The van der Waals surface area contributed by atoms with Crippen molar-refractivity contribution in [3.8, 4) is 5.75 Å². The van der Waals surface area contributed by atoms with Gasteiger partial charge in [0.25, 0.3) is 0 Å². The van der Waals surface area contributed by atoms with Gasteiger partial charge in [-0.1, -0.05) is 38.9 Å². The van der Waals surface area contributed by atoms with Crippen molar-refractivity contribution in [3.63, 3.8) is 0 Å². The second-order valence-electron chi connectivity index (χ2n) is 6.78. The quantitative estimate of drug-likeness (QED) is 0.336. The highest BCUT2D eigenvalue weighted by Gasteiger charge is 2.64. The normalized spacial score (nSPS) is 20.3. The van der Waals surface area contributed by atoms with Gasteiger partial charge in [-0.15, -0.1) is 0 Å². The molecule has 5 heteroatoms. The van der Waals surface area contributed by atoms with E-state index < -0.39 is 0 Å². The van der Waals surface area contributed by atoms with Gasteiger partial charge in [-0.05, 0) is 28.5 Å². The van der Waals surface area contributed by atoms with E-state index in [2.05, 4.69) is 38.2 Å². The number of hydrogen-bond donors (Lipinski definition) is 3. The fourth-order valence-electron chi connectivity index (χ4n) is 3.04. The molecule has 116 valence electrons. The van der Waals surface area contributed by atoms with Crippen LogP contribution in [0.5, 0.6) is 5.75 Å². The smallest absolute Gasteiger partial charge is 0.173 e. The molecule has 0 heterocycles. The van der Waals surface area contributed by atoms with E-state index in [9.17, 15) is 0 Å². The number of nitrogens with two attached hydrogens (primary N) is 1. The van der Waals surface area contributed by atoms with Crippen molar-refractivity contribution in [1.29, 1.82) is 0 Å². The first-order valence-corrected chi connectivity index (χ1v) is 7.14. The summed E-state index contributed by atoms with van der Waals surface area (Å²) in [6.07, 6.45) is 0. The monoisotopic (exact) mass is 291 g/mol. The Morgan fingerprint density at radius 1 is 1.33 bits per heavy atom. The van der Waals surface area contributed by atoms with Crippen LogP contribution in [0.3, 0.4) is 0 Å². The van der Waals surface area contributed by atoms with Gasteiger partial charge in [0.2, 0.25) is 0 Å². The van der Waals surface area contributed by atoms with Crippen molar-refractivity contribution in [3.05, 3.63) is 29.3 Å². The number of oxime groups is 1. The molecule has 21 heavy (non-hydrogen) atoms. The van der Waals surface area contributed by atoms with Crippen molar-refractivity contribution in [2.24, 2.45) is 21.7 Å². The lowest BCUT2D eigenvalue weighted by molar-refractivity contribution is 0.318. The van der Waals surface area contributed by atoms with E-state index in [-0.39, 0.29) is 5.84 Å². The molecule has 1 aliphatic rings. The highest BCUT2D eigenvalue weighted by Crippen LogP contribution is 2.62. The van der Waals surface area contributed by atoms with Gasteiger partial charge in [0.15, 0.2) is 5.84 Å². The molecule has 1 saturated carbocycles. The molecule has 0 saturated heterocycles. The fraction of sp³-hybridized carbons (Fsp3) is 0.562. The average molecular weight is 291 g/mol. The molecule has 1 aromatic rings. The summed E-state index contributed by atoms with van der Waals surface area (Å²) in [6, 6.07) is 6.20. The molecule has 5 nitrogen and oxygen atoms in total. The van der Waals surface area contributed by atoms with E-state index in [4.69, 9.17) is 15.7 Å². The Morgan fingerprint density at radius 3 is 2.43 bits per heavy atom. The van der Waals surface area contributed by atoms with Crippen LogP contribution in [0.4, 0.5) is 0 Å². The first kappa shape index (κ1) is 15.6. The molecule has 0 radical (unpaired) electrons. The van der Waals surface area contributed by atoms with E-state index >= 15 is 0 Å². The number of benzene rings is 1. The molecule has 0 atom stereocenters. The van der Waals surface area contributed by atoms with Crippen LogP contribution in [0.25, 0.3) is 0 Å². The predicted octanol–water partition coefficient (Wildman–Crippen LogP) is 2.31. The third-order valence-electron chi connectivity index (χ3n) is 5.18. The van der Waals surface area contributed by atoms with E-state index in [1.54, 1.807) is 7.11 Å². The van der Waals surface area contributed by atoms with Crippen LogP contribution in [0, 0.1) is 10.8 Å². The summed E-state index contributed by atoms with van der Waals surface area (Å²) in [5.41, 5.74) is 7.95. The minimum Gasteiger partial charge on any atom is -0.496 e. The van der Waals surface area contributed by atoms with Crippen LogP contribution < -0.4 is 15.8 Å². The van der Waals surface area contributed by atoms with Crippen LogP contribution >= 0.6 is 0 Å². The lowest BCUT2D eigenvalue weighted by atomic mass is 10.0. The topological polar surface area (TPSA) is 79.9 Å². The molecule has 1 aromatic carbocycles. The average Bonchev–Trinajstić information content (AvgIpc) is 2.85. The number of amidine groups is 1. The van der Waals surface area contributed by atoms with Gasteiger partial charge in [-0.2, -0.15) is 0 Å². The zero-order chi connectivity index (χ0) is 15.8. The van der Waals surface area contributed by atoms with Crippen LogP contribution in [0.2, 0.25) is 0 Å². The zero-order valence-corrected chi connectivity index (χ0v) is 13.4. The van der Waals surface area contributed by atoms with Gasteiger partial charge in [0, 0.05) is 12.6 Å². The van der Waals surface area contributed by atoms with Crippen molar-refractivity contribution >= 4 is 5.84 Å². The number of hydrogen-bond acceptors (Lipinski definition) is 4. The Labute approximate surface area is 126 Å². The summed E-state index contributed by atoms with van der Waals surface area (Å²) >= 11 is 0. The molecule has 0 amide bonds. The molecule has 2 rings (SSSR count). The summed E-state index contributed by atoms with van der Waals surface area (Å²) in [5.74, 6) is 0.662. The molecule has 0 aliphatic heterocycles. The third-order valence-corrected chi connectivity index (χ3v) is 5.18. The summed E-state index contributed by atoms with van der Waals surface area (Å²) < 4.78 is 5.31. The van der Waals surface area contributed by atoms with Crippen LogP contribution in [-0.4, -0.2) is 24.2 Å². The molecule has 4 N–H and O–H groups in total. The number of nitrogens with one attached hydrogen (secondary N) is 1. The molecular formula is C16H25N3O2. The SMILES string of the molecule is COc1cc(CNC2C(C)(C)C2(C)C)ccc1/C(N)=N/O. The molecule has 0 aromatic heterocycles. The summed E-state index contributed by atoms with van der Waals surface area (Å²) in [5, 5.41) is 15.4. The maximum absolute atomic E-state index is 8.77. The maximum atomic E-state index is 8.77.